The van der Waals surface area contributed by atoms with Crippen LogP contribution in [0.15, 0.2) is 0 Å². The van der Waals surface area contributed by atoms with Crippen LogP contribution in [0.25, 0.3) is 0 Å². The topological polar surface area (TPSA) is 0 Å². The summed E-state index contributed by atoms with van der Waals surface area (Å²) in [5.74, 6) is 0.573. The van der Waals surface area contributed by atoms with Crippen LogP contribution in [0.4, 0.5) is 4.39 Å². The van der Waals surface area contributed by atoms with Crippen LogP contribution in [-0.2, 0) is 0 Å². The van der Waals surface area contributed by atoms with Gasteiger partial charge < -0.3 is 0 Å². The molecule has 2 heteroatoms. The van der Waals surface area contributed by atoms with E-state index < -0.39 is 5.67 Å². The largest absolute Gasteiger partial charge is 0.244 e. The van der Waals surface area contributed by atoms with E-state index in [2.05, 4.69) is 13.8 Å². The lowest BCUT2D eigenvalue weighted by Gasteiger charge is -2.27. The van der Waals surface area contributed by atoms with Crippen LogP contribution in [0.2, 0.25) is 5.31 Å². The highest BCUT2D eigenvalue weighted by Crippen LogP contribution is 2.52. The molecular weight excluding hydrogens is 150 g/mol. The van der Waals surface area contributed by atoms with Crippen molar-refractivity contribution in [2.75, 3.05) is 0 Å². The van der Waals surface area contributed by atoms with Gasteiger partial charge >= 0.3 is 0 Å². The maximum Gasteiger partial charge on any atom is 0.108 e. The van der Waals surface area contributed by atoms with E-state index in [1.54, 1.807) is 6.92 Å². The minimum atomic E-state index is -1.01. The molecule has 2 unspecified atom stereocenters. The van der Waals surface area contributed by atoms with Crippen molar-refractivity contribution in [3.8, 4) is 0 Å². The van der Waals surface area contributed by atoms with Gasteiger partial charge in [-0.05, 0) is 25.7 Å². The fourth-order valence-corrected chi connectivity index (χ4v) is 2.41. The minimum absolute atomic E-state index is 0.225. The molecule has 2 radical (unpaired) electrons. The SMILES string of the molecule is [B]C1(CC(C)C)CCC(C)(F)C1. The third-order valence-corrected chi connectivity index (χ3v) is 2.68. The standard InChI is InChI=1S/C10H18BF/c1-8(2)6-10(11)5-4-9(3,12)7-10/h8H,4-7H2,1-3H3. The molecule has 68 valence electrons. The minimum Gasteiger partial charge on any atom is -0.244 e. The Balaban J connectivity index is 2.53. The number of rotatable bonds is 2. The molecular formula is C10H18BF. The summed E-state index contributed by atoms with van der Waals surface area (Å²) in [5.41, 5.74) is -1.01. The van der Waals surface area contributed by atoms with Gasteiger partial charge in [0.15, 0.2) is 0 Å². The van der Waals surface area contributed by atoms with Crippen molar-refractivity contribution in [1.82, 2.24) is 0 Å². The van der Waals surface area contributed by atoms with E-state index in [-0.39, 0.29) is 5.31 Å². The number of halogens is 1. The van der Waals surface area contributed by atoms with Crippen LogP contribution >= 0.6 is 0 Å². The molecule has 0 heterocycles. The molecule has 0 aromatic heterocycles. The molecule has 1 aliphatic carbocycles. The molecule has 1 fully saturated rings. The van der Waals surface area contributed by atoms with Gasteiger partial charge in [-0.15, -0.1) is 0 Å². The first-order valence-electron chi connectivity index (χ1n) is 4.81. The third-order valence-electron chi connectivity index (χ3n) is 2.68. The zero-order valence-corrected chi connectivity index (χ0v) is 8.36. The van der Waals surface area contributed by atoms with Crippen LogP contribution in [0.1, 0.15) is 46.5 Å². The lowest BCUT2D eigenvalue weighted by Crippen LogP contribution is -2.17. The molecule has 12 heavy (non-hydrogen) atoms. The molecule has 0 aromatic carbocycles. The van der Waals surface area contributed by atoms with E-state index in [0.717, 1.165) is 12.8 Å². The fourth-order valence-electron chi connectivity index (χ4n) is 2.41. The van der Waals surface area contributed by atoms with Crippen LogP contribution in [-0.4, -0.2) is 13.5 Å². The second-order valence-corrected chi connectivity index (χ2v) is 5.05. The van der Waals surface area contributed by atoms with Crippen molar-refractivity contribution in [3.05, 3.63) is 0 Å². The second-order valence-electron chi connectivity index (χ2n) is 5.05. The molecule has 0 aliphatic heterocycles. The summed E-state index contributed by atoms with van der Waals surface area (Å²) in [6, 6.07) is 0. The summed E-state index contributed by atoms with van der Waals surface area (Å²) in [5, 5.41) is -0.225. The molecule has 1 saturated carbocycles. The Morgan fingerprint density at radius 3 is 2.33 bits per heavy atom. The summed E-state index contributed by atoms with van der Waals surface area (Å²) >= 11 is 0. The predicted octanol–water partition coefficient (Wildman–Crippen LogP) is 3.27. The van der Waals surface area contributed by atoms with Gasteiger partial charge in [0, 0.05) is 0 Å². The summed E-state index contributed by atoms with van der Waals surface area (Å²) in [6.45, 7) is 5.95. The highest BCUT2D eigenvalue weighted by molar-refractivity contribution is 6.15. The molecule has 0 bridgehead atoms. The maximum atomic E-state index is 13.5. The van der Waals surface area contributed by atoms with E-state index in [1.807, 2.05) is 0 Å². The molecule has 0 spiro atoms. The van der Waals surface area contributed by atoms with Crippen molar-refractivity contribution >= 4 is 7.85 Å². The monoisotopic (exact) mass is 168 g/mol. The first-order valence-corrected chi connectivity index (χ1v) is 4.81. The van der Waals surface area contributed by atoms with E-state index in [0.29, 0.717) is 18.8 Å². The lowest BCUT2D eigenvalue weighted by atomic mass is 9.63. The summed E-state index contributed by atoms with van der Waals surface area (Å²) in [6.07, 6.45) is 2.97. The Morgan fingerprint density at radius 2 is 2.00 bits per heavy atom. The van der Waals surface area contributed by atoms with Crippen LogP contribution < -0.4 is 0 Å². The van der Waals surface area contributed by atoms with E-state index in [9.17, 15) is 4.39 Å². The average molecular weight is 168 g/mol. The fraction of sp³-hybridized carbons (Fsp3) is 1.00. The molecule has 0 amide bonds. The van der Waals surface area contributed by atoms with Crippen molar-refractivity contribution in [2.24, 2.45) is 5.92 Å². The Kier molecular flexibility index (Phi) is 2.56. The van der Waals surface area contributed by atoms with E-state index >= 15 is 0 Å². The van der Waals surface area contributed by atoms with Crippen LogP contribution in [0.5, 0.6) is 0 Å². The molecule has 0 saturated heterocycles. The van der Waals surface area contributed by atoms with Crippen LogP contribution in [0.3, 0.4) is 0 Å². The van der Waals surface area contributed by atoms with Gasteiger partial charge in [-0.3, -0.25) is 0 Å². The predicted molar refractivity (Wildman–Crippen MR) is 51.3 cm³/mol. The maximum absolute atomic E-state index is 13.5. The second kappa shape index (κ2) is 3.04. The Morgan fingerprint density at radius 1 is 1.42 bits per heavy atom. The lowest BCUT2D eigenvalue weighted by molar-refractivity contribution is 0.191. The molecule has 0 aromatic rings. The van der Waals surface area contributed by atoms with Gasteiger partial charge in [0.2, 0.25) is 0 Å². The van der Waals surface area contributed by atoms with Gasteiger partial charge in [-0.25, -0.2) is 4.39 Å². The smallest absolute Gasteiger partial charge is 0.108 e. The third kappa shape index (κ3) is 2.50. The highest BCUT2D eigenvalue weighted by Gasteiger charge is 2.42. The number of hydrogen-bond acceptors (Lipinski definition) is 0. The van der Waals surface area contributed by atoms with Gasteiger partial charge in [-0.2, -0.15) is 0 Å². The summed E-state index contributed by atoms with van der Waals surface area (Å²) in [4.78, 5) is 0. The Bertz CT molecular complexity index is 165. The van der Waals surface area contributed by atoms with Crippen molar-refractivity contribution in [2.45, 2.75) is 57.4 Å². The average Bonchev–Trinajstić information content (AvgIpc) is 2.03. The summed E-state index contributed by atoms with van der Waals surface area (Å²) in [7, 11) is 6.10. The number of hydrogen-bond donors (Lipinski definition) is 0. The van der Waals surface area contributed by atoms with Crippen molar-refractivity contribution in [1.29, 1.82) is 0 Å². The molecule has 1 aliphatic rings. The van der Waals surface area contributed by atoms with E-state index in [4.69, 9.17) is 7.85 Å². The zero-order valence-electron chi connectivity index (χ0n) is 8.36. The zero-order chi connectivity index (χ0) is 9.41. The quantitative estimate of drug-likeness (QED) is 0.555. The van der Waals surface area contributed by atoms with Crippen molar-refractivity contribution < 1.29 is 4.39 Å². The van der Waals surface area contributed by atoms with Crippen LogP contribution in [0, 0.1) is 5.92 Å². The molecule has 0 N–H and O–H groups in total. The Hall–Kier alpha value is -0.00506. The Labute approximate surface area is 76.3 Å². The summed E-state index contributed by atoms with van der Waals surface area (Å²) < 4.78 is 13.5. The molecule has 0 nitrogen and oxygen atoms in total. The first kappa shape index (κ1) is 10.1. The van der Waals surface area contributed by atoms with Gasteiger partial charge in [-0.1, -0.05) is 32.0 Å². The van der Waals surface area contributed by atoms with Gasteiger partial charge in [0.05, 0.1) is 7.85 Å². The molecule has 2 atom stereocenters. The number of alkyl halides is 1. The normalized spacial score (nSPS) is 42.4. The first-order chi connectivity index (χ1) is 5.33. The molecule has 1 rings (SSSR count). The van der Waals surface area contributed by atoms with Gasteiger partial charge in [0.25, 0.3) is 0 Å². The van der Waals surface area contributed by atoms with Gasteiger partial charge in [0.1, 0.15) is 5.67 Å². The highest BCUT2D eigenvalue weighted by atomic mass is 19.1. The van der Waals surface area contributed by atoms with Crippen molar-refractivity contribution in [3.63, 3.8) is 0 Å². The van der Waals surface area contributed by atoms with E-state index in [1.165, 1.54) is 0 Å².